The van der Waals surface area contributed by atoms with Crippen molar-refractivity contribution in [3.8, 4) is 27.9 Å². The number of rotatable bonds is 3. The molecule has 1 heterocycles. The number of fused-ring (bicyclic) bond motifs is 5. The van der Waals surface area contributed by atoms with Gasteiger partial charge in [-0.3, -0.25) is 0 Å². The van der Waals surface area contributed by atoms with E-state index in [9.17, 15) is 0 Å². The lowest BCUT2D eigenvalue weighted by atomic mass is 9.94. The van der Waals surface area contributed by atoms with E-state index in [1.54, 1.807) is 0 Å². The predicted molar refractivity (Wildman–Crippen MR) is 154 cm³/mol. The molecular weight excluding hydrogens is 458 g/mol. The number of benzene rings is 6. The van der Waals surface area contributed by atoms with Crippen molar-refractivity contribution in [1.82, 2.24) is 4.57 Å². The lowest BCUT2D eigenvalue weighted by molar-refractivity contribution is 1.18. The quantitative estimate of drug-likeness (QED) is 0.237. The van der Waals surface area contributed by atoms with E-state index < -0.39 is 0 Å². The summed E-state index contributed by atoms with van der Waals surface area (Å²) < 4.78 is 2.38. The molecule has 0 atom stereocenters. The molecule has 0 amide bonds. The molecule has 0 aliphatic rings. The number of hydrogen-bond acceptors (Lipinski definition) is 0. The second kappa shape index (κ2) is 8.41. The van der Waals surface area contributed by atoms with Crippen LogP contribution in [0.5, 0.6) is 0 Å². The maximum absolute atomic E-state index is 6.40. The smallest absolute Gasteiger partial charge is 0.0547 e. The van der Waals surface area contributed by atoms with E-state index in [1.165, 1.54) is 43.7 Å². The van der Waals surface area contributed by atoms with E-state index in [2.05, 4.69) is 126 Å². The summed E-state index contributed by atoms with van der Waals surface area (Å²) in [5, 5.41) is 5.87. The molecule has 0 N–H and O–H groups in total. The average Bonchev–Trinajstić information content (AvgIpc) is 3.28. The Morgan fingerprint density at radius 1 is 0.472 bits per heavy atom. The van der Waals surface area contributed by atoms with Crippen molar-refractivity contribution in [2.75, 3.05) is 0 Å². The summed E-state index contributed by atoms with van der Waals surface area (Å²) in [5.74, 6) is 0. The SMILES string of the molecule is Clc1ccc(-c2ccc(-n3c4ccccc4c4c5ccccc5ccc43)cc2)c(-c2ccccc2)c1. The van der Waals surface area contributed by atoms with E-state index in [-0.39, 0.29) is 0 Å². The first-order valence-corrected chi connectivity index (χ1v) is 12.5. The fourth-order valence-corrected chi connectivity index (χ4v) is 5.60. The van der Waals surface area contributed by atoms with Gasteiger partial charge < -0.3 is 4.57 Å². The minimum atomic E-state index is 0.742. The molecule has 170 valence electrons. The van der Waals surface area contributed by atoms with Crippen molar-refractivity contribution in [3.63, 3.8) is 0 Å². The first kappa shape index (κ1) is 21.0. The van der Waals surface area contributed by atoms with E-state index in [1.807, 2.05) is 12.1 Å². The van der Waals surface area contributed by atoms with Crippen LogP contribution in [0.2, 0.25) is 5.02 Å². The largest absolute Gasteiger partial charge is 0.309 e. The zero-order valence-electron chi connectivity index (χ0n) is 19.5. The number of nitrogens with zero attached hydrogens (tertiary/aromatic N) is 1. The van der Waals surface area contributed by atoms with Crippen LogP contribution in [0.3, 0.4) is 0 Å². The van der Waals surface area contributed by atoms with Gasteiger partial charge in [-0.15, -0.1) is 0 Å². The molecule has 0 fully saturated rings. The zero-order valence-corrected chi connectivity index (χ0v) is 20.3. The van der Waals surface area contributed by atoms with E-state index >= 15 is 0 Å². The van der Waals surface area contributed by atoms with E-state index in [4.69, 9.17) is 11.6 Å². The van der Waals surface area contributed by atoms with Crippen LogP contribution in [0.1, 0.15) is 0 Å². The molecule has 2 heteroatoms. The maximum Gasteiger partial charge on any atom is 0.0547 e. The number of hydrogen-bond donors (Lipinski definition) is 0. The number of aromatic nitrogens is 1. The lowest BCUT2D eigenvalue weighted by Gasteiger charge is -2.13. The minimum Gasteiger partial charge on any atom is -0.309 e. The normalized spacial score (nSPS) is 11.5. The van der Waals surface area contributed by atoms with E-state index in [0.29, 0.717) is 0 Å². The highest BCUT2D eigenvalue weighted by Crippen LogP contribution is 2.38. The number of halogens is 1. The minimum absolute atomic E-state index is 0.742. The first-order valence-electron chi connectivity index (χ1n) is 12.1. The summed E-state index contributed by atoms with van der Waals surface area (Å²) in [6.07, 6.45) is 0. The Bertz CT molecular complexity index is 1880. The summed E-state index contributed by atoms with van der Waals surface area (Å²) in [7, 11) is 0. The van der Waals surface area contributed by atoms with Crippen LogP contribution in [0.4, 0.5) is 0 Å². The first-order chi connectivity index (χ1) is 17.8. The van der Waals surface area contributed by atoms with Gasteiger partial charge in [0.05, 0.1) is 11.0 Å². The molecule has 7 aromatic rings. The molecule has 7 rings (SSSR count). The molecule has 0 saturated heterocycles. The van der Waals surface area contributed by atoms with Crippen molar-refractivity contribution in [1.29, 1.82) is 0 Å². The number of para-hydroxylation sites is 1. The fourth-order valence-electron chi connectivity index (χ4n) is 5.43. The summed E-state index contributed by atoms with van der Waals surface area (Å²) >= 11 is 6.40. The highest BCUT2D eigenvalue weighted by atomic mass is 35.5. The van der Waals surface area contributed by atoms with Crippen LogP contribution in [0, 0.1) is 0 Å². The molecule has 0 unspecified atom stereocenters. The van der Waals surface area contributed by atoms with Gasteiger partial charge in [0.15, 0.2) is 0 Å². The van der Waals surface area contributed by atoms with Crippen LogP contribution in [0.15, 0.2) is 133 Å². The van der Waals surface area contributed by atoms with Gasteiger partial charge in [0, 0.05) is 21.5 Å². The Kier molecular flexibility index (Phi) is 4.90. The molecule has 0 aliphatic heterocycles. The molecule has 1 aromatic heterocycles. The average molecular weight is 480 g/mol. The molecule has 0 bridgehead atoms. The Hall–Kier alpha value is -4.33. The third-order valence-corrected chi connectivity index (χ3v) is 7.30. The highest BCUT2D eigenvalue weighted by molar-refractivity contribution is 6.31. The monoisotopic (exact) mass is 479 g/mol. The Morgan fingerprint density at radius 2 is 1.17 bits per heavy atom. The van der Waals surface area contributed by atoms with E-state index in [0.717, 1.165) is 21.8 Å². The molecule has 0 aliphatic carbocycles. The van der Waals surface area contributed by atoms with Crippen LogP contribution in [0.25, 0.3) is 60.5 Å². The third-order valence-electron chi connectivity index (χ3n) is 7.07. The lowest BCUT2D eigenvalue weighted by Crippen LogP contribution is -1.94. The molecule has 36 heavy (non-hydrogen) atoms. The van der Waals surface area contributed by atoms with Crippen molar-refractivity contribution in [3.05, 3.63) is 138 Å². The van der Waals surface area contributed by atoms with Gasteiger partial charge in [-0.25, -0.2) is 0 Å². The van der Waals surface area contributed by atoms with Gasteiger partial charge in [0.1, 0.15) is 0 Å². The summed E-state index contributed by atoms with van der Waals surface area (Å²) in [4.78, 5) is 0. The fraction of sp³-hybridized carbons (Fsp3) is 0. The van der Waals surface area contributed by atoms with Crippen molar-refractivity contribution < 1.29 is 0 Å². The van der Waals surface area contributed by atoms with Crippen LogP contribution in [-0.2, 0) is 0 Å². The Balaban J connectivity index is 1.42. The Labute approximate surface area is 214 Å². The molecule has 0 radical (unpaired) electrons. The maximum atomic E-state index is 6.40. The summed E-state index contributed by atoms with van der Waals surface area (Å²) in [5.41, 5.74) is 8.22. The summed E-state index contributed by atoms with van der Waals surface area (Å²) in [6.45, 7) is 0. The van der Waals surface area contributed by atoms with Crippen molar-refractivity contribution in [2.24, 2.45) is 0 Å². The molecular formula is C34H22ClN. The molecule has 1 nitrogen and oxygen atoms in total. The van der Waals surface area contributed by atoms with Gasteiger partial charge in [-0.1, -0.05) is 109 Å². The van der Waals surface area contributed by atoms with Crippen LogP contribution >= 0.6 is 11.6 Å². The van der Waals surface area contributed by atoms with Crippen molar-refractivity contribution in [2.45, 2.75) is 0 Å². The topological polar surface area (TPSA) is 4.93 Å². The van der Waals surface area contributed by atoms with Gasteiger partial charge in [0.25, 0.3) is 0 Å². The predicted octanol–water partition coefficient (Wildman–Crippen LogP) is 9.92. The molecule has 0 spiro atoms. The second-order valence-electron chi connectivity index (χ2n) is 9.14. The Morgan fingerprint density at radius 3 is 2.00 bits per heavy atom. The standard InChI is InChI=1S/C34H22ClN/c35-26-17-20-28(31(22-26)23-8-2-1-3-9-23)25-14-18-27(19-15-25)36-32-13-7-6-12-30(32)34-29-11-5-4-10-24(29)16-21-33(34)36/h1-22H. The van der Waals surface area contributed by atoms with Gasteiger partial charge in [-0.05, 0) is 69.4 Å². The summed E-state index contributed by atoms with van der Waals surface area (Å²) in [6, 6.07) is 47.2. The third kappa shape index (κ3) is 3.32. The van der Waals surface area contributed by atoms with Gasteiger partial charge in [-0.2, -0.15) is 0 Å². The molecule has 0 saturated carbocycles. The van der Waals surface area contributed by atoms with Crippen molar-refractivity contribution >= 4 is 44.2 Å². The van der Waals surface area contributed by atoms with Crippen LogP contribution in [-0.4, -0.2) is 4.57 Å². The van der Waals surface area contributed by atoms with Crippen LogP contribution < -0.4 is 0 Å². The highest BCUT2D eigenvalue weighted by Gasteiger charge is 2.15. The second-order valence-corrected chi connectivity index (χ2v) is 9.57. The van der Waals surface area contributed by atoms with Gasteiger partial charge in [0.2, 0.25) is 0 Å². The molecule has 6 aromatic carbocycles. The van der Waals surface area contributed by atoms with Gasteiger partial charge >= 0.3 is 0 Å². The zero-order chi connectivity index (χ0) is 24.1.